The molecule has 17 heavy (non-hydrogen) atoms. The van der Waals surface area contributed by atoms with Crippen molar-refractivity contribution in [3.05, 3.63) is 24.4 Å². The Bertz CT molecular complexity index is 373. The van der Waals surface area contributed by atoms with E-state index in [1.165, 1.54) is 0 Å². The van der Waals surface area contributed by atoms with Crippen LogP contribution in [-0.4, -0.2) is 41.2 Å². The van der Waals surface area contributed by atoms with Crippen molar-refractivity contribution in [3.63, 3.8) is 0 Å². The van der Waals surface area contributed by atoms with Gasteiger partial charge in [0.15, 0.2) is 0 Å². The third-order valence-corrected chi connectivity index (χ3v) is 2.61. The summed E-state index contributed by atoms with van der Waals surface area (Å²) in [5.74, 6) is 0.573. The van der Waals surface area contributed by atoms with Gasteiger partial charge in [0.25, 0.3) is 0 Å². The molecule has 5 heteroatoms. The molecule has 0 bridgehead atoms. The Kier molecular flexibility index (Phi) is 3.58. The van der Waals surface area contributed by atoms with Gasteiger partial charge in [0.2, 0.25) is 0 Å². The molecule has 1 saturated heterocycles. The van der Waals surface area contributed by atoms with Crippen LogP contribution in [-0.2, 0) is 4.74 Å². The Labute approximate surface area is 101 Å². The molecule has 1 aromatic rings. The number of morpholine rings is 1. The van der Waals surface area contributed by atoms with Crippen LogP contribution >= 0.6 is 0 Å². The zero-order chi connectivity index (χ0) is 12.3. The smallest absolute Gasteiger partial charge is 0.323 e. The Hall–Kier alpha value is -1.62. The van der Waals surface area contributed by atoms with Gasteiger partial charge in [0.1, 0.15) is 5.82 Å². The second-order valence-electron chi connectivity index (χ2n) is 4.31. The normalized spacial score (nSPS) is 24.5. The van der Waals surface area contributed by atoms with Crippen molar-refractivity contribution in [2.75, 3.05) is 18.4 Å². The molecule has 0 aliphatic carbocycles. The van der Waals surface area contributed by atoms with Gasteiger partial charge >= 0.3 is 6.03 Å². The molecular formula is C12H17N3O2. The second kappa shape index (κ2) is 5.14. The van der Waals surface area contributed by atoms with Gasteiger partial charge in [-0.2, -0.15) is 0 Å². The summed E-state index contributed by atoms with van der Waals surface area (Å²) in [4.78, 5) is 17.8. The van der Waals surface area contributed by atoms with Crippen LogP contribution in [0, 0.1) is 0 Å². The third-order valence-electron chi connectivity index (χ3n) is 2.61. The number of carbonyl (C=O) groups excluding carboxylic acids is 1. The van der Waals surface area contributed by atoms with E-state index in [1.54, 1.807) is 17.2 Å². The molecule has 2 rings (SSSR count). The molecule has 5 nitrogen and oxygen atoms in total. The van der Waals surface area contributed by atoms with Crippen LogP contribution < -0.4 is 5.32 Å². The van der Waals surface area contributed by atoms with E-state index in [2.05, 4.69) is 10.3 Å². The van der Waals surface area contributed by atoms with Crippen LogP contribution in [0.2, 0.25) is 0 Å². The van der Waals surface area contributed by atoms with Crippen molar-refractivity contribution in [1.29, 1.82) is 0 Å². The summed E-state index contributed by atoms with van der Waals surface area (Å²) in [6.07, 6.45) is 1.81. The number of hydrogen-bond acceptors (Lipinski definition) is 3. The molecule has 2 amide bonds. The Morgan fingerprint density at radius 3 is 2.71 bits per heavy atom. The van der Waals surface area contributed by atoms with Crippen LogP contribution in [0.5, 0.6) is 0 Å². The first-order valence-electron chi connectivity index (χ1n) is 5.77. The zero-order valence-electron chi connectivity index (χ0n) is 10.1. The molecule has 0 spiro atoms. The van der Waals surface area contributed by atoms with Crippen LogP contribution in [0.15, 0.2) is 24.4 Å². The Morgan fingerprint density at radius 1 is 1.41 bits per heavy atom. The molecule has 1 N–H and O–H groups in total. The maximum Gasteiger partial charge on any atom is 0.323 e. The predicted molar refractivity (Wildman–Crippen MR) is 64.8 cm³/mol. The average molecular weight is 235 g/mol. The van der Waals surface area contributed by atoms with Crippen molar-refractivity contribution in [2.24, 2.45) is 0 Å². The summed E-state index contributed by atoms with van der Waals surface area (Å²) in [6.45, 7) is 5.17. The van der Waals surface area contributed by atoms with Gasteiger partial charge in [-0.1, -0.05) is 6.07 Å². The number of hydrogen-bond donors (Lipinski definition) is 1. The second-order valence-corrected chi connectivity index (χ2v) is 4.31. The highest BCUT2D eigenvalue weighted by atomic mass is 16.5. The Morgan fingerprint density at radius 2 is 2.12 bits per heavy atom. The molecule has 1 aliphatic heterocycles. The van der Waals surface area contributed by atoms with Crippen molar-refractivity contribution in [1.82, 2.24) is 9.88 Å². The van der Waals surface area contributed by atoms with E-state index < -0.39 is 0 Å². The number of aromatic nitrogens is 1. The van der Waals surface area contributed by atoms with E-state index in [1.807, 2.05) is 26.0 Å². The molecule has 92 valence electrons. The number of pyridine rings is 1. The SMILES string of the molecule is CC1CN(C(=O)Nc2ccccn2)CC(C)O1. The summed E-state index contributed by atoms with van der Waals surface area (Å²) < 4.78 is 5.58. The van der Waals surface area contributed by atoms with Gasteiger partial charge in [-0.3, -0.25) is 5.32 Å². The van der Waals surface area contributed by atoms with E-state index >= 15 is 0 Å². The molecule has 0 radical (unpaired) electrons. The van der Waals surface area contributed by atoms with Crippen LogP contribution in [0.4, 0.5) is 10.6 Å². The van der Waals surface area contributed by atoms with E-state index in [0.717, 1.165) is 0 Å². The molecule has 1 aliphatic rings. The number of rotatable bonds is 1. The summed E-state index contributed by atoms with van der Waals surface area (Å²) in [5.41, 5.74) is 0. The molecule has 0 saturated carbocycles. The maximum atomic E-state index is 12.0. The minimum absolute atomic E-state index is 0.0771. The highest BCUT2D eigenvalue weighted by Gasteiger charge is 2.25. The Balaban J connectivity index is 1.96. The predicted octanol–water partition coefficient (Wildman–Crippen LogP) is 1.72. The van der Waals surface area contributed by atoms with Gasteiger partial charge in [-0.25, -0.2) is 9.78 Å². The first-order valence-corrected chi connectivity index (χ1v) is 5.77. The number of nitrogens with one attached hydrogen (secondary N) is 1. The van der Waals surface area contributed by atoms with Crippen LogP contribution in [0.25, 0.3) is 0 Å². The topological polar surface area (TPSA) is 54.5 Å². The number of nitrogens with zero attached hydrogens (tertiary/aromatic N) is 2. The van der Waals surface area contributed by atoms with Gasteiger partial charge < -0.3 is 9.64 Å². The largest absolute Gasteiger partial charge is 0.372 e. The lowest BCUT2D eigenvalue weighted by atomic mass is 10.2. The third kappa shape index (κ3) is 3.17. The first kappa shape index (κ1) is 11.9. The highest BCUT2D eigenvalue weighted by Crippen LogP contribution is 2.12. The number of amides is 2. The average Bonchev–Trinajstić information content (AvgIpc) is 2.29. The lowest BCUT2D eigenvalue weighted by molar-refractivity contribution is -0.0530. The number of anilines is 1. The molecule has 2 heterocycles. The highest BCUT2D eigenvalue weighted by molar-refractivity contribution is 5.88. The molecule has 1 fully saturated rings. The molecular weight excluding hydrogens is 218 g/mol. The van der Waals surface area contributed by atoms with Crippen molar-refractivity contribution in [3.8, 4) is 0 Å². The fourth-order valence-corrected chi connectivity index (χ4v) is 1.97. The quantitative estimate of drug-likeness (QED) is 0.806. The fourth-order valence-electron chi connectivity index (χ4n) is 1.97. The van der Waals surface area contributed by atoms with Gasteiger partial charge in [-0.15, -0.1) is 0 Å². The van der Waals surface area contributed by atoms with Gasteiger partial charge in [0.05, 0.1) is 12.2 Å². The standard InChI is InChI=1S/C12H17N3O2/c1-9-7-15(8-10(2)17-9)12(16)14-11-5-3-4-6-13-11/h3-6,9-10H,7-8H2,1-2H3,(H,13,14,16). The minimum Gasteiger partial charge on any atom is -0.372 e. The van der Waals surface area contributed by atoms with Gasteiger partial charge in [-0.05, 0) is 26.0 Å². The van der Waals surface area contributed by atoms with E-state index in [9.17, 15) is 4.79 Å². The number of ether oxygens (including phenoxy) is 1. The molecule has 0 aromatic carbocycles. The number of urea groups is 1. The summed E-state index contributed by atoms with van der Waals surface area (Å²) in [7, 11) is 0. The first-order chi connectivity index (χ1) is 8.15. The lowest BCUT2D eigenvalue weighted by Crippen LogP contribution is -2.49. The van der Waals surface area contributed by atoms with Gasteiger partial charge in [0, 0.05) is 19.3 Å². The van der Waals surface area contributed by atoms with Crippen molar-refractivity contribution >= 4 is 11.8 Å². The van der Waals surface area contributed by atoms with E-state index in [-0.39, 0.29) is 18.2 Å². The molecule has 2 unspecified atom stereocenters. The van der Waals surface area contributed by atoms with E-state index in [0.29, 0.717) is 18.9 Å². The zero-order valence-corrected chi connectivity index (χ0v) is 10.1. The van der Waals surface area contributed by atoms with Crippen molar-refractivity contribution < 1.29 is 9.53 Å². The number of carbonyl (C=O) groups is 1. The maximum absolute atomic E-state index is 12.0. The van der Waals surface area contributed by atoms with Crippen LogP contribution in [0.1, 0.15) is 13.8 Å². The lowest BCUT2D eigenvalue weighted by Gasteiger charge is -2.35. The van der Waals surface area contributed by atoms with E-state index in [4.69, 9.17) is 4.74 Å². The molecule has 1 aromatic heterocycles. The summed E-state index contributed by atoms with van der Waals surface area (Å²) in [6, 6.07) is 5.30. The fraction of sp³-hybridized carbons (Fsp3) is 0.500. The van der Waals surface area contributed by atoms with Crippen LogP contribution in [0.3, 0.4) is 0 Å². The monoisotopic (exact) mass is 235 g/mol. The van der Waals surface area contributed by atoms with Crippen molar-refractivity contribution in [2.45, 2.75) is 26.1 Å². The summed E-state index contributed by atoms with van der Waals surface area (Å²) in [5, 5.41) is 2.77. The summed E-state index contributed by atoms with van der Waals surface area (Å²) >= 11 is 0. The molecule has 2 atom stereocenters. The minimum atomic E-state index is -0.120.